The molecule has 0 aliphatic rings. The first-order chi connectivity index (χ1) is 10.6. The van der Waals surface area contributed by atoms with E-state index in [0.29, 0.717) is 6.42 Å². The van der Waals surface area contributed by atoms with E-state index in [-0.39, 0.29) is 6.54 Å². The molecular weight excluding hydrogens is 318 g/mol. The molecule has 1 atom stereocenters. The van der Waals surface area contributed by atoms with Crippen LogP contribution in [0.2, 0.25) is 25.7 Å². The summed E-state index contributed by atoms with van der Waals surface area (Å²) in [4.78, 5) is 35.8. The van der Waals surface area contributed by atoms with Gasteiger partial charge in [0, 0.05) is 21.5 Å². The normalized spacial score (nSPS) is 12.6. The molecule has 0 rings (SSSR count). The van der Waals surface area contributed by atoms with Crippen LogP contribution in [0.1, 0.15) is 13.3 Å². The molecule has 0 aliphatic carbocycles. The first-order valence-electron chi connectivity index (χ1n) is 7.37. The summed E-state index contributed by atoms with van der Waals surface area (Å²) < 4.78 is 14.1. The molecule has 0 aromatic heterocycles. The number of amides is 1. The van der Waals surface area contributed by atoms with Crippen molar-refractivity contribution < 1.29 is 28.6 Å². The van der Waals surface area contributed by atoms with E-state index >= 15 is 0 Å². The van der Waals surface area contributed by atoms with Crippen molar-refractivity contribution >= 4 is 26.1 Å². The molecule has 0 N–H and O–H groups in total. The molecular formula is C15H27NO6Si. The molecule has 0 radical (unpaired) electrons. The highest BCUT2D eigenvalue weighted by atomic mass is 28.3. The Morgan fingerprint density at radius 3 is 2.13 bits per heavy atom. The molecule has 1 unspecified atom stereocenters. The second kappa shape index (κ2) is 10.0. The number of allylic oxidation sites excluding steroid dienone is 1. The van der Waals surface area contributed by atoms with Gasteiger partial charge in [-0.2, -0.15) is 0 Å². The van der Waals surface area contributed by atoms with Gasteiger partial charge in [0.2, 0.25) is 0 Å². The van der Waals surface area contributed by atoms with Crippen LogP contribution >= 0.6 is 0 Å². The van der Waals surface area contributed by atoms with Crippen LogP contribution in [0.15, 0.2) is 12.2 Å². The fourth-order valence-electron chi connectivity index (χ4n) is 1.69. The highest BCUT2D eigenvalue weighted by Gasteiger charge is 2.33. The summed E-state index contributed by atoms with van der Waals surface area (Å²) in [5.74, 6) is -1.53. The Morgan fingerprint density at radius 1 is 1.09 bits per heavy atom. The van der Waals surface area contributed by atoms with Crippen molar-refractivity contribution in [2.75, 3.05) is 20.8 Å². The molecule has 1 amide bonds. The minimum atomic E-state index is -1.45. The molecule has 0 saturated carbocycles. The van der Waals surface area contributed by atoms with Crippen LogP contribution in [0, 0.1) is 0 Å². The van der Waals surface area contributed by atoms with Crippen molar-refractivity contribution in [1.82, 2.24) is 4.90 Å². The number of nitrogens with zero attached hydrogens (tertiary/aromatic N) is 1. The number of carbonyl (C=O) groups is 3. The first kappa shape index (κ1) is 21.2. The molecule has 0 aromatic carbocycles. The van der Waals surface area contributed by atoms with E-state index in [1.54, 1.807) is 0 Å². The molecule has 23 heavy (non-hydrogen) atoms. The average Bonchev–Trinajstić information content (AvgIpc) is 2.46. The second-order valence-electron chi connectivity index (χ2n) is 6.17. The maximum Gasteiger partial charge on any atom is 0.412 e. The summed E-state index contributed by atoms with van der Waals surface area (Å²) >= 11 is 0. The van der Waals surface area contributed by atoms with E-state index in [1.807, 2.05) is 6.08 Å². The standard InChI is InChI=1S/C15H27NO6Si/c1-12(17)22-13(14(18)20-2)16(15(19)21-3)10-8-7-9-11-23(4,5)6/h7,9,13H,8,10-11H2,1-6H3/b9-7-. The summed E-state index contributed by atoms with van der Waals surface area (Å²) in [5, 5.41) is 0. The topological polar surface area (TPSA) is 82.1 Å². The van der Waals surface area contributed by atoms with Gasteiger partial charge in [0.1, 0.15) is 0 Å². The predicted octanol–water partition coefficient (Wildman–Crippen LogP) is 2.40. The molecule has 0 spiro atoms. The fourth-order valence-corrected chi connectivity index (χ4v) is 2.56. The number of carbonyl (C=O) groups excluding carboxylic acids is 3. The van der Waals surface area contributed by atoms with Gasteiger partial charge in [-0.05, 0) is 12.5 Å². The SMILES string of the molecule is COC(=O)C(OC(C)=O)N(CC/C=C\C[Si](C)(C)C)C(=O)OC. The van der Waals surface area contributed by atoms with Gasteiger partial charge in [-0.15, -0.1) is 0 Å². The summed E-state index contributed by atoms with van der Waals surface area (Å²) in [6, 6.07) is 1.02. The average molecular weight is 345 g/mol. The molecule has 0 aliphatic heterocycles. The number of esters is 2. The Morgan fingerprint density at radius 2 is 1.70 bits per heavy atom. The number of ether oxygens (including phenoxy) is 3. The van der Waals surface area contributed by atoms with Gasteiger partial charge in [-0.25, -0.2) is 9.59 Å². The van der Waals surface area contributed by atoms with Crippen LogP contribution < -0.4 is 0 Å². The highest BCUT2D eigenvalue weighted by Crippen LogP contribution is 2.11. The van der Waals surface area contributed by atoms with Crippen LogP contribution in [0.4, 0.5) is 4.79 Å². The Balaban J connectivity index is 4.93. The molecule has 0 bridgehead atoms. The van der Waals surface area contributed by atoms with Gasteiger partial charge in [0.05, 0.1) is 14.2 Å². The second-order valence-corrected chi connectivity index (χ2v) is 11.7. The van der Waals surface area contributed by atoms with Crippen molar-refractivity contribution in [3.8, 4) is 0 Å². The van der Waals surface area contributed by atoms with E-state index in [0.717, 1.165) is 25.0 Å². The minimum absolute atomic E-state index is 0.169. The number of rotatable bonds is 8. The number of hydrogen-bond donors (Lipinski definition) is 0. The monoisotopic (exact) mass is 345 g/mol. The van der Waals surface area contributed by atoms with E-state index in [4.69, 9.17) is 4.74 Å². The van der Waals surface area contributed by atoms with Crippen molar-refractivity contribution in [2.24, 2.45) is 0 Å². The quantitative estimate of drug-likeness (QED) is 0.221. The zero-order valence-corrected chi connectivity index (χ0v) is 15.8. The van der Waals surface area contributed by atoms with Gasteiger partial charge in [-0.1, -0.05) is 31.8 Å². The predicted molar refractivity (Wildman–Crippen MR) is 88.6 cm³/mol. The van der Waals surface area contributed by atoms with Crippen molar-refractivity contribution in [2.45, 2.75) is 45.3 Å². The number of hydrogen-bond acceptors (Lipinski definition) is 6. The maximum atomic E-state index is 11.9. The maximum absolute atomic E-state index is 11.9. The van der Waals surface area contributed by atoms with E-state index in [1.165, 1.54) is 7.11 Å². The summed E-state index contributed by atoms with van der Waals surface area (Å²) in [6.07, 6.45) is 2.31. The Bertz CT molecular complexity index is 444. The molecule has 0 heterocycles. The van der Waals surface area contributed by atoms with Gasteiger partial charge >= 0.3 is 18.0 Å². The summed E-state index contributed by atoms with van der Waals surface area (Å²) in [7, 11) is 1.18. The van der Waals surface area contributed by atoms with Crippen LogP contribution in [-0.2, 0) is 23.8 Å². The molecule has 8 heteroatoms. The smallest absolute Gasteiger partial charge is 0.412 e. The lowest BCUT2D eigenvalue weighted by Crippen LogP contribution is -2.48. The lowest BCUT2D eigenvalue weighted by molar-refractivity contribution is -0.175. The molecule has 0 aromatic rings. The van der Waals surface area contributed by atoms with Crippen LogP contribution in [0.25, 0.3) is 0 Å². The lowest BCUT2D eigenvalue weighted by atomic mass is 10.3. The third-order valence-electron chi connectivity index (χ3n) is 2.81. The number of methoxy groups -OCH3 is 2. The molecule has 0 fully saturated rings. The van der Waals surface area contributed by atoms with Crippen molar-refractivity contribution in [1.29, 1.82) is 0 Å². The zero-order valence-electron chi connectivity index (χ0n) is 14.8. The summed E-state index contributed by atoms with van der Waals surface area (Å²) in [5.41, 5.74) is 0. The lowest BCUT2D eigenvalue weighted by Gasteiger charge is -2.27. The fraction of sp³-hybridized carbons (Fsp3) is 0.667. The third kappa shape index (κ3) is 9.02. The van der Waals surface area contributed by atoms with E-state index in [9.17, 15) is 14.4 Å². The highest BCUT2D eigenvalue weighted by molar-refractivity contribution is 6.76. The van der Waals surface area contributed by atoms with Gasteiger partial charge in [0.15, 0.2) is 0 Å². The largest absolute Gasteiger partial charge is 0.465 e. The molecule has 132 valence electrons. The van der Waals surface area contributed by atoms with Crippen molar-refractivity contribution in [3.63, 3.8) is 0 Å². The Labute approximate surface area is 138 Å². The van der Waals surface area contributed by atoms with Gasteiger partial charge in [0.25, 0.3) is 6.23 Å². The molecule has 7 nitrogen and oxygen atoms in total. The van der Waals surface area contributed by atoms with Gasteiger partial charge in [-0.3, -0.25) is 9.69 Å². The van der Waals surface area contributed by atoms with Crippen molar-refractivity contribution in [3.05, 3.63) is 12.2 Å². The zero-order chi connectivity index (χ0) is 18.0. The van der Waals surface area contributed by atoms with Gasteiger partial charge < -0.3 is 14.2 Å². The molecule has 0 saturated heterocycles. The van der Waals surface area contributed by atoms with E-state index < -0.39 is 32.3 Å². The van der Waals surface area contributed by atoms with Crippen LogP contribution in [0.3, 0.4) is 0 Å². The van der Waals surface area contributed by atoms with Crippen LogP contribution in [0.5, 0.6) is 0 Å². The summed E-state index contributed by atoms with van der Waals surface area (Å²) in [6.45, 7) is 8.09. The Hall–Kier alpha value is -1.83. The minimum Gasteiger partial charge on any atom is -0.465 e. The third-order valence-corrected chi connectivity index (χ3v) is 4.27. The first-order valence-corrected chi connectivity index (χ1v) is 11.1. The van der Waals surface area contributed by atoms with Crippen LogP contribution in [-0.4, -0.2) is 58.0 Å². The Kier molecular flexibility index (Phi) is 9.24. The van der Waals surface area contributed by atoms with E-state index in [2.05, 4.69) is 35.2 Å².